The fraction of sp³-hybridized carbons (Fsp3) is 0.231. The molecule has 0 bridgehead atoms. The van der Waals surface area contributed by atoms with Gasteiger partial charge in [0.1, 0.15) is 12.0 Å². The molecule has 0 atom stereocenters. The first kappa shape index (κ1) is 24.6. The molecule has 0 aliphatic carbocycles. The highest BCUT2D eigenvalue weighted by Gasteiger charge is 2.08. The summed E-state index contributed by atoms with van der Waals surface area (Å²) in [6.07, 6.45) is 6.32. The van der Waals surface area contributed by atoms with Crippen molar-refractivity contribution < 1.29 is 14.3 Å². The average Bonchev–Trinajstić information content (AvgIpc) is 2.72. The van der Waals surface area contributed by atoms with Crippen molar-refractivity contribution in [1.82, 2.24) is 5.32 Å². The summed E-state index contributed by atoms with van der Waals surface area (Å²) >= 11 is 0. The molecule has 2 aromatic carbocycles. The predicted octanol–water partition coefficient (Wildman–Crippen LogP) is 5.46. The van der Waals surface area contributed by atoms with Crippen LogP contribution in [0.15, 0.2) is 73.9 Å². The number of aldehydes is 1. The Morgan fingerprint density at radius 2 is 1.70 bits per heavy atom. The molecule has 0 aromatic heterocycles. The first-order valence-corrected chi connectivity index (χ1v) is 9.83. The number of allylic oxidation sites excluding steroid dienone is 4. The first-order chi connectivity index (χ1) is 14.3. The number of carbonyl (C=O) groups is 2. The number of rotatable bonds is 8. The summed E-state index contributed by atoms with van der Waals surface area (Å²) in [5.41, 5.74) is 4.99. The Kier molecular flexibility index (Phi) is 10.6. The lowest BCUT2D eigenvalue weighted by atomic mass is 10.0. The summed E-state index contributed by atoms with van der Waals surface area (Å²) in [7, 11) is 0. The number of ether oxygens (including phenoxy) is 1. The van der Waals surface area contributed by atoms with Crippen molar-refractivity contribution in [2.45, 2.75) is 33.8 Å². The van der Waals surface area contributed by atoms with E-state index in [1.807, 2.05) is 32.9 Å². The normalized spacial score (nSPS) is 10.5. The molecule has 2 aromatic rings. The highest BCUT2D eigenvalue weighted by atomic mass is 16.5. The van der Waals surface area contributed by atoms with Gasteiger partial charge in [-0.05, 0) is 62.6 Å². The fourth-order valence-electron chi connectivity index (χ4n) is 2.57. The minimum Gasteiger partial charge on any atom is -0.491 e. The molecule has 0 unspecified atom stereocenters. The molecule has 30 heavy (non-hydrogen) atoms. The Balaban J connectivity index is 0.000000311. The van der Waals surface area contributed by atoms with Gasteiger partial charge in [0.05, 0.1) is 12.6 Å². The van der Waals surface area contributed by atoms with Crippen molar-refractivity contribution in [2.75, 3.05) is 6.54 Å². The quantitative estimate of drug-likeness (QED) is 0.469. The maximum absolute atomic E-state index is 11.6. The topological polar surface area (TPSA) is 55.4 Å². The lowest BCUT2D eigenvalue weighted by Crippen LogP contribution is -2.25. The van der Waals surface area contributed by atoms with Crippen molar-refractivity contribution >= 4 is 17.8 Å². The number of hydrogen-bond acceptors (Lipinski definition) is 3. The van der Waals surface area contributed by atoms with Gasteiger partial charge < -0.3 is 14.8 Å². The number of benzene rings is 2. The summed E-state index contributed by atoms with van der Waals surface area (Å²) in [5, 5.41) is 2.49. The molecule has 0 radical (unpaired) electrons. The molecular formula is C26H31NO3. The van der Waals surface area contributed by atoms with Crippen LogP contribution in [0.1, 0.15) is 40.9 Å². The molecule has 1 amide bonds. The summed E-state index contributed by atoms with van der Waals surface area (Å²) in [6, 6.07) is 13.6. The van der Waals surface area contributed by atoms with Gasteiger partial charge in [0.15, 0.2) is 0 Å². The molecule has 0 fully saturated rings. The zero-order valence-corrected chi connectivity index (χ0v) is 18.3. The van der Waals surface area contributed by atoms with E-state index in [2.05, 4.69) is 49.7 Å². The van der Waals surface area contributed by atoms with E-state index in [0.29, 0.717) is 11.8 Å². The third-order valence-electron chi connectivity index (χ3n) is 4.05. The smallest absolute Gasteiger partial charge is 0.251 e. The van der Waals surface area contributed by atoms with Crippen molar-refractivity contribution in [1.29, 1.82) is 0 Å². The largest absolute Gasteiger partial charge is 0.491 e. The van der Waals surface area contributed by atoms with Crippen LogP contribution >= 0.6 is 0 Å². The van der Waals surface area contributed by atoms with Gasteiger partial charge >= 0.3 is 0 Å². The van der Waals surface area contributed by atoms with Crippen LogP contribution in [0.4, 0.5) is 0 Å². The van der Waals surface area contributed by atoms with Gasteiger partial charge in [-0.2, -0.15) is 0 Å². The summed E-state index contributed by atoms with van der Waals surface area (Å²) in [4.78, 5) is 21.7. The SMILES string of the molecule is C=C/C=C(\C=C)c1ccc(C)cc1.Cc1cc(C(=O)NCC=O)ccc1OC(C)C. The molecule has 0 saturated carbocycles. The minimum atomic E-state index is -0.253. The molecule has 2 rings (SSSR count). The lowest BCUT2D eigenvalue weighted by molar-refractivity contribution is -0.107. The molecular weight excluding hydrogens is 374 g/mol. The Labute approximate surface area is 180 Å². The Bertz CT molecular complexity index is 893. The number of hydrogen-bond donors (Lipinski definition) is 1. The maximum Gasteiger partial charge on any atom is 0.251 e. The van der Waals surface area contributed by atoms with Gasteiger partial charge in [-0.1, -0.05) is 61.2 Å². The van der Waals surface area contributed by atoms with E-state index in [1.54, 1.807) is 24.3 Å². The van der Waals surface area contributed by atoms with Gasteiger partial charge in [-0.25, -0.2) is 0 Å². The van der Waals surface area contributed by atoms with Gasteiger partial charge in [0.25, 0.3) is 5.91 Å². The number of aryl methyl sites for hydroxylation is 2. The molecule has 0 aliphatic heterocycles. The van der Waals surface area contributed by atoms with Gasteiger partial charge in [-0.15, -0.1) is 0 Å². The maximum atomic E-state index is 11.6. The van der Waals surface area contributed by atoms with E-state index in [0.717, 1.165) is 16.9 Å². The first-order valence-electron chi connectivity index (χ1n) is 9.83. The zero-order chi connectivity index (χ0) is 22.5. The molecule has 0 spiro atoms. The number of amides is 1. The average molecular weight is 406 g/mol. The van der Waals surface area contributed by atoms with E-state index >= 15 is 0 Å². The van der Waals surface area contributed by atoms with Crippen LogP contribution < -0.4 is 10.1 Å². The predicted molar refractivity (Wildman–Crippen MR) is 125 cm³/mol. The van der Waals surface area contributed by atoms with Crippen LogP contribution in [0.5, 0.6) is 5.75 Å². The van der Waals surface area contributed by atoms with Crippen LogP contribution in [-0.4, -0.2) is 24.8 Å². The van der Waals surface area contributed by atoms with E-state index in [1.165, 1.54) is 11.1 Å². The molecule has 158 valence electrons. The third-order valence-corrected chi connectivity index (χ3v) is 4.05. The monoisotopic (exact) mass is 405 g/mol. The molecule has 1 N–H and O–H groups in total. The van der Waals surface area contributed by atoms with Gasteiger partial charge in [0, 0.05) is 5.56 Å². The molecule has 4 heteroatoms. The van der Waals surface area contributed by atoms with E-state index in [9.17, 15) is 9.59 Å². The van der Waals surface area contributed by atoms with E-state index < -0.39 is 0 Å². The van der Waals surface area contributed by atoms with Crippen molar-refractivity contribution in [2.24, 2.45) is 0 Å². The third kappa shape index (κ3) is 8.31. The van der Waals surface area contributed by atoms with E-state index in [4.69, 9.17) is 4.74 Å². The van der Waals surface area contributed by atoms with Crippen LogP contribution in [0.25, 0.3) is 5.57 Å². The number of nitrogens with one attached hydrogen (secondary N) is 1. The molecule has 0 heterocycles. The summed E-state index contributed by atoms with van der Waals surface area (Å²) in [5.74, 6) is 0.517. The Hall–Kier alpha value is -3.40. The molecule has 4 nitrogen and oxygen atoms in total. The Morgan fingerprint density at radius 3 is 2.20 bits per heavy atom. The molecule has 0 aliphatic rings. The second-order valence-corrected chi connectivity index (χ2v) is 6.95. The fourth-order valence-corrected chi connectivity index (χ4v) is 2.57. The number of carbonyl (C=O) groups excluding carboxylic acids is 2. The van der Waals surface area contributed by atoms with Crippen LogP contribution in [0.2, 0.25) is 0 Å². The summed E-state index contributed by atoms with van der Waals surface area (Å²) < 4.78 is 5.57. The van der Waals surface area contributed by atoms with E-state index in [-0.39, 0.29) is 18.6 Å². The van der Waals surface area contributed by atoms with Crippen molar-refractivity contribution in [3.05, 3.63) is 96.1 Å². The lowest BCUT2D eigenvalue weighted by Gasteiger charge is -2.13. The molecule has 0 saturated heterocycles. The van der Waals surface area contributed by atoms with Crippen molar-refractivity contribution in [3.63, 3.8) is 0 Å². The van der Waals surface area contributed by atoms with Gasteiger partial charge in [-0.3, -0.25) is 4.79 Å². The highest BCUT2D eigenvalue weighted by molar-refractivity contribution is 5.95. The van der Waals surface area contributed by atoms with Crippen LogP contribution in [0, 0.1) is 13.8 Å². The van der Waals surface area contributed by atoms with Crippen LogP contribution in [0.3, 0.4) is 0 Å². The summed E-state index contributed by atoms with van der Waals surface area (Å²) in [6.45, 7) is 15.3. The second-order valence-electron chi connectivity index (χ2n) is 6.95. The second kappa shape index (κ2) is 12.9. The standard InChI is InChI=1S/C13H17NO3.C13H14/c1-9(2)17-12-5-4-11(8-10(12)3)13(16)14-6-7-15;1-4-6-12(5-2)13-9-7-11(3)8-10-13/h4-5,7-9H,6H2,1-3H3,(H,14,16);4-10H,1-2H2,3H3/b;12-6+. The highest BCUT2D eigenvalue weighted by Crippen LogP contribution is 2.20. The zero-order valence-electron chi connectivity index (χ0n) is 18.3. The Morgan fingerprint density at radius 1 is 1.07 bits per heavy atom. The van der Waals surface area contributed by atoms with Crippen molar-refractivity contribution in [3.8, 4) is 5.75 Å². The minimum absolute atomic E-state index is 0.0299. The van der Waals surface area contributed by atoms with Gasteiger partial charge in [0.2, 0.25) is 0 Å². The van der Waals surface area contributed by atoms with Crippen LogP contribution in [-0.2, 0) is 4.79 Å².